The molecule has 0 aliphatic heterocycles. The van der Waals surface area contributed by atoms with E-state index in [9.17, 15) is 4.79 Å². The number of hydrogen-bond acceptors (Lipinski definition) is 1. The van der Waals surface area contributed by atoms with Crippen molar-refractivity contribution in [2.75, 3.05) is 0 Å². The van der Waals surface area contributed by atoms with Gasteiger partial charge < -0.3 is 0 Å². The quantitative estimate of drug-likeness (QED) is 0.597. The molecule has 0 bridgehead atoms. The van der Waals surface area contributed by atoms with Crippen LogP contribution in [0.5, 0.6) is 0 Å². The molecule has 0 aromatic rings. The molecule has 1 aliphatic rings. The molecule has 1 heteroatoms. The van der Waals surface area contributed by atoms with Gasteiger partial charge in [-0.3, -0.25) is 4.79 Å². The highest BCUT2D eigenvalue weighted by atomic mass is 16.1. The molecule has 64 valence electrons. The van der Waals surface area contributed by atoms with Gasteiger partial charge in [-0.25, -0.2) is 0 Å². The standard InChI is InChI=1S/C10H18O/c1-4-7(2)9-5-6-10(11)8(9)3/h7-9H,4-6H2,1-3H3. The Morgan fingerprint density at radius 1 is 1.64 bits per heavy atom. The smallest absolute Gasteiger partial charge is 0.135 e. The van der Waals surface area contributed by atoms with Gasteiger partial charge in [-0.15, -0.1) is 0 Å². The fourth-order valence-corrected chi connectivity index (χ4v) is 2.11. The molecule has 1 rings (SSSR count). The molecule has 0 saturated heterocycles. The van der Waals surface area contributed by atoms with Crippen LogP contribution in [-0.2, 0) is 4.79 Å². The lowest BCUT2D eigenvalue weighted by Gasteiger charge is -2.20. The van der Waals surface area contributed by atoms with Crippen molar-refractivity contribution in [3.63, 3.8) is 0 Å². The number of Topliss-reactive ketones (excluding diaryl/α,β-unsaturated/α-hetero) is 1. The van der Waals surface area contributed by atoms with E-state index in [1.54, 1.807) is 0 Å². The summed E-state index contributed by atoms with van der Waals surface area (Å²) in [4.78, 5) is 11.2. The van der Waals surface area contributed by atoms with Gasteiger partial charge in [0.25, 0.3) is 0 Å². The van der Waals surface area contributed by atoms with Crippen molar-refractivity contribution < 1.29 is 4.79 Å². The van der Waals surface area contributed by atoms with Crippen LogP contribution in [0.4, 0.5) is 0 Å². The number of hydrogen-bond donors (Lipinski definition) is 0. The summed E-state index contributed by atoms with van der Waals surface area (Å²) in [7, 11) is 0. The van der Waals surface area contributed by atoms with Crippen LogP contribution in [0.3, 0.4) is 0 Å². The predicted molar refractivity (Wildman–Crippen MR) is 46.4 cm³/mol. The summed E-state index contributed by atoms with van der Waals surface area (Å²) in [6.07, 6.45) is 3.17. The molecule has 1 nitrogen and oxygen atoms in total. The largest absolute Gasteiger partial charge is 0.299 e. The molecule has 0 radical (unpaired) electrons. The van der Waals surface area contributed by atoms with E-state index in [-0.39, 0.29) is 0 Å². The number of rotatable bonds is 2. The van der Waals surface area contributed by atoms with Crippen molar-refractivity contribution in [2.45, 2.75) is 40.0 Å². The first kappa shape index (κ1) is 8.76. The Kier molecular flexibility index (Phi) is 2.69. The Morgan fingerprint density at radius 2 is 2.27 bits per heavy atom. The lowest BCUT2D eigenvalue weighted by atomic mass is 9.84. The van der Waals surface area contributed by atoms with Gasteiger partial charge in [-0.1, -0.05) is 27.2 Å². The maximum absolute atomic E-state index is 11.2. The minimum atomic E-state index is 0.338. The van der Waals surface area contributed by atoms with Crippen LogP contribution in [0.1, 0.15) is 40.0 Å². The van der Waals surface area contributed by atoms with Gasteiger partial charge in [0.1, 0.15) is 5.78 Å². The van der Waals surface area contributed by atoms with Gasteiger partial charge in [0.05, 0.1) is 0 Å². The molecule has 1 fully saturated rings. The second-order valence-electron chi connectivity index (χ2n) is 3.84. The molecule has 0 aromatic heterocycles. The van der Waals surface area contributed by atoms with Crippen molar-refractivity contribution in [2.24, 2.45) is 17.8 Å². The molecule has 0 N–H and O–H groups in total. The predicted octanol–water partition coefficient (Wildman–Crippen LogP) is 2.65. The number of ketones is 1. The highest BCUT2D eigenvalue weighted by Gasteiger charge is 2.33. The fraction of sp³-hybridized carbons (Fsp3) is 0.900. The van der Waals surface area contributed by atoms with Crippen LogP contribution < -0.4 is 0 Å². The summed E-state index contributed by atoms with van der Waals surface area (Å²) < 4.78 is 0. The third-order valence-electron chi connectivity index (χ3n) is 3.25. The molecule has 3 atom stereocenters. The van der Waals surface area contributed by atoms with Gasteiger partial charge in [0, 0.05) is 12.3 Å². The zero-order chi connectivity index (χ0) is 8.43. The maximum atomic E-state index is 11.2. The summed E-state index contributed by atoms with van der Waals surface area (Å²) in [5.74, 6) is 2.23. The Bertz CT molecular complexity index is 151. The molecule has 1 aliphatic carbocycles. The third-order valence-corrected chi connectivity index (χ3v) is 3.25. The van der Waals surface area contributed by atoms with E-state index >= 15 is 0 Å². The SMILES string of the molecule is CCC(C)C1CCC(=O)C1C. The summed E-state index contributed by atoms with van der Waals surface area (Å²) >= 11 is 0. The van der Waals surface area contributed by atoms with Gasteiger partial charge >= 0.3 is 0 Å². The molecular weight excluding hydrogens is 136 g/mol. The summed E-state index contributed by atoms with van der Waals surface area (Å²) in [5.41, 5.74) is 0. The molecule has 0 amide bonds. The van der Waals surface area contributed by atoms with Crippen molar-refractivity contribution in [3.05, 3.63) is 0 Å². The van der Waals surface area contributed by atoms with E-state index in [1.165, 1.54) is 6.42 Å². The first-order valence-electron chi connectivity index (χ1n) is 4.69. The molecule has 1 saturated carbocycles. The lowest BCUT2D eigenvalue weighted by molar-refractivity contribution is -0.121. The van der Waals surface area contributed by atoms with Gasteiger partial charge in [-0.05, 0) is 18.3 Å². The van der Waals surface area contributed by atoms with E-state index in [2.05, 4.69) is 20.8 Å². The minimum Gasteiger partial charge on any atom is -0.299 e. The Labute approximate surface area is 69.2 Å². The molecule has 0 heterocycles. The second-order valence-corrected chi connectivity index (χ2v) is 3.84. The zero-order valence-corrected chi connectivity index (χ0v) is 7.76. The zero-order valence-electron chi connectivity index (χ0n) is 7.76. The van der Waals surface area contributed by atoms with Gasteiger partial charge in [0.2, 0.25) is 0 Å². The van der Waals surface area contributed by atoms with Gasteiger partial charge in [-0.2, -0.15) is 0 Å². The maximum Gasteiger partial charge on any atom is 0.135 e. The molecular formula is C10H18O. The van der Waals surface area contributed by atoms with Crippen molar-refractivity contribution >= 4 is 5.78 Å². The fourth-order valence-electron chi connectivity index (χ4n) is 2.11. The van der Waals surface area contributed by atoms with E-state index in [4.69, 9.17) is 0 Å². The Morgan fingerprint density at radius 3 is 2.64 bits per heavy atom. The summed E-state index contributed by atoms with van der Waals surface area (Å²) in [5, 5.41) is 0. The van der Waals surface area contributed by atoms with Crippen LogP contribution >= 0.6 is 0 Å². The van der Waals surface area contributed by atoms with E-state index in [0.717, 1.165) is 18.8 Å². The van der Waals surface area contributed by atoms with E-state index < -0.39 is 0 Å². The summed E-state index contributed by atoms with van der Waals surface area (Å²) in [6.45, 7) is 6.56. The van der Waals surface area contributed by atoms with Crippen molar-refractivity contribution in [1.82, 2.24) is 0 Å². The highest BCUT2D eigenvalue weighted by molar-refractivity contribution is 5.83. The van der Waals surface area contributed by atoms with Crippen molar-refractivity contribution in [1.29, 1.82) is 0 Å². The van der Waals surface area contributed by atoms with Crippen LogP contribution in [0.15, 0.2) is 0 Å². The Hall–Kier alpha value is -0.330. The second kappa shape index (κ2) is 3.38. The van der Waals surface area contributed by atoms with Crippen LogP contribution in [0, 0.1) is 17.8 Å². The van der Waals surface area contributed by atoms with Crippen LogP contribution in [-0.4, -0.2) is 5.78 Å². The average molecular weight is 154 g/mol. The molecule has 11 heavy (non-hydrogen) atoms. The first-order valence-corrected chi connectivity index (χ1v) is 4.69. The normalized spacial score (nSPS) is 34.3. The highest BCUT2D eigenvalue weighted by Crippen LogP contribution is 2.35. The van der Waals surface area contributed by atoms with Crippen molar-refractivity contribution in [3.8, 4) is 0 Å². The third kappa shape index (κ3) is 1.63. The average Bonchev–Trinajstić information content (AvgIpc) is 2.32. The van der Waals surface area contributed by atoms with E-state index in [0.29, 0.717) is 17.6 Å². The first-order chi connectivity index (χ1) is 5.16. The molecule has 0 aromatic carbocycles. The number of carbonyl (C=O) groups is 1. The minimum absolute atomic E-state index is 0.338. The summed E-state index contributed by atoms with van der Waals surface area (Å²) in [6, 6.07) is 0. The van der Waals surface area contributed by atoms with Gasteiger partial charge in [0.15, 0.2) is 0 Å². The molecule has 3 unspecified atom stereocenters. The topological polar surface area (TPSA) is 17.1 Å². The van der Waals surface area contributed by atoms with Crippen LogP contribution in [0.25, 0.3) is 0 Å². The van der Waals surface area contributed by atoms with E-state index in [1.807, 2.05) is 0 Å². The van der Waals surface area contributed by atoms with Crippen LogP contribution in [0.2, 0.25) is 0 Å². The Balaban J connectivity index is 2.54. The number of carbonyl (C=O) groups excluding carboxylic acids is 1. The monoisotopic (exact) mass is 154 g/mol. The lowest BCUT2D eigenvalue weighted by Crippen LogP contribution is -2.17. The molecule has 0 spiro atoms.